The van der Waals surface area contributed by atoms with E-state index >= 15 is 0 Å². The summed E-state index contributed by atoms with van der Waals surface area (Å²) >= 11 is 2.28. The lowest BCUT2D eigenvalue weighted by molar-refractivity contribution is 0.536. The van der Waals surface area contributed by atoms with E-state index in [9.17, 15) is 4.55 Å². The lowest BCUT2D eigenvalue weighted by Gasteiger charge is -2.29. The van der Waals surface area contributed by atoms with Gasteiger partial charge in [-0.15, -0.1) is 4.72 Å². The topological polar surface area (TPSA) is 61.1 Å². The van der Waals surface area contributed by atoms with Crippen LogP contribution in [-0.4, -0.2) is 9.30 Å². The Morgan fingerprint density at radius 2 is 1.77 bits per heavy atom. The van der Waals surface area contributed by atoms with Crippen LogP contribution in [0.1, 0.15) is 37.9 Å². The second-order valence-electron chi connectivity index (χ2n) is 6.12. The van der Waals surface area contributed by atoms with Crippen LogP contribution in [0.15, 0.2) is 53.0 Å². The first kappa shape index (κ1) is 17.3. The van der Waals surface area contributed by atoms with Crippen molar-refractivity contribution in [3.05, 3.63) is 64.1 Å². The van der Waals surface area contributed by atoms with Gasteiger partial charge < -0.3 is 10.3 Å². The zero-order valence-electron chi connectivity index (χ0n) is 13.0. The maximum absolute atomic E-state index is 12.6. The molecule has 118 valence electrons. The number of nitrogens with two attached hydrogens (primary N) is 1. The van der Waals surface area contributed by atoms with Crippen molar-refractivity contribution >= 4 is 33.0 Å². The van der Waals surface area contributed by atoms with Crippen molar-refractivity contribution in [3.63, 3.8) is 0 Å². The molecule has 0 heterocycles. The Morgan fingerprint density at radius 3 is 2.36 bits per heavy atom. The number of halogens is 1. The number of hydrogen-bond acceptors (Lipinski definition) is 3. The van der Waals surface area contributed by atoms with Gasteiger partial charge in [0.05, 0.1) is 0 Å². The van der Waals surface area contributed by atoms with Crippen LogP contribution >= 0.6 is 15.9 Å². The molecule has 0 amide bonds. The molecule has 0 spiro atoms. The van der Waals surface area contributed by atoms with E-state index in [0.29, 0.717) is 5.69 Å². The maximum Gasteiger partial charge on any atom is 0.136 e. The van der Waals surface area contributed by atoms with Crippen LogP contribution in [0.25, 0.3) is 0 Å². The molecule has 0 bridgehead atoms. The van der Waals surface area contributed by atoms with Crippen LogP contribution < -0.4 is 10.5 Å². The fourth-order valence-electron chi connectivity index (χ4n) is 2.04. The second kappa shape index (κ2) is 7.04. The highest BCUT2D eigenvalue weighted by molar-refractivity contribution is 9.10. The predicted molar refractivity (Wildman–Crippen MR) is 97.9 cm³/mol. The Morgan fingerprint density at radius 1 is 1.14 bits per heavy atom. The summed E-state index contributed by atoms with van der Waals surface area (Å²) in [5.74, 6) is 0. The zero-order valence-corrected chi connectivity index (χ0v) is 15.4. The Labute approximate surface area is 143 Å². The molecule has 0 aliphatic heterocycles. The smallest absolute Gasteiger partial charge is 0.136 e. The number of hydrogen-bond donors (Lipinski definition) is 2. The highest BCUT2D eigenvalue weighted by atomic mass is 79.9. The van der Waals surface area contributed by atoms with Gasteiger partial charge in [-0.25, -0.2) is 0 Å². The quantitative estimate of drug-likeness (QED) is 0.617. The minimum absolute atomic E-state index is 0.223. The highest BCUT2D eigenvalue weighted by Crippen LogP contribution is 2.31. The van der Waals surface area contributed by atoms with Gasteiger partial charge >= 0.3 is 0 Å². The highest BCUT2D eigenvalue weighted by Gasteiger charge is 2.31. The molecule has 5 heteroatoms. The summed E-state index contributed by atoms with van der Waals surface area (Å²) in [4.78, 5) is 0. The third kappa shape index (κ3) is 4.26. The van der Waals surface area contributed by atoms with E-state index in [1.807, 2.05) is 69.3 Å². The van der Waals surface area contributed by atoms with Crippen LogP contribution in [0.5, 0.6) is 0 Å². The maximum atomic E-state index is 12.6. The van der Waals surface area contributed by atoms with Crippen LogP contribution in [0.2, 0.25) is 0 Å². The van der Waals surface area contributed by atoms with Crippen molar-refractivity contribution in [3.8, 4) is 0 Å². The molecule has 0 saturated heterocycles. The first-order chi connectivity index (χ1) is 10.3. The molecular weight excluding hydrogens is 360 g/mol. The van der Waals surface area contributed by atoms with E-state index in [1.54, 1.807) is 0 Å². The molecule has 0 radical (unpaired) electrons. The SMILES string of the molecule is CC(C)(C)[S@@+]([O-])NC(c1ccccc1)c1cc(Br)ccc1N. The molecule has 2 aromatic carbocycles. The molecule has 0 saturated carbocycles. The standard InChI is InChI=1S/C17H21BrN2OS/c1-17(2,3)22(21)20-16(12-7-5-4-6-8-12)14-11-13(18)9-10-15(14)19/h4-11,16,20H,19H2,1-3H3/t16?,22-/m1/s1. The van der Waals surface area contributed by atoms with Crippen molar-refractivity contribution in [1.29, 1.82) is 0 Å². The molecule has 0 aliphatic rings. The fourth-order valence-corrected chi connectivity index (χ4v) is 3.25. The van der Waals surface area contributed by atoms with E-state index in [0.717, 1.165) is 15.6 Å². The second-order valence-corrected chi connectivity index (χ2v) is 9.03. The first-order valence-corrected chi connectivity index (χ1v) is 9.01. The molecule has 0 aliphatic carbocycles. The van der Waals surface area contributed by atoms with E-state index in [-0.39, 0.29) is 10.8 Å². The third-order valence-corrected chi connectivity index (χ3v) is 5.33. The van der Waals surface area contributed by atoms with Crippen molar-refractivity contribution in [2.45, 2.75) is 31.6 Å². The van der Waals surface area contributed by atoms with Crippen LogP contribution in [0.4, 0.5) is 5.69 Å². The summed E-state index contributed by atoms with van der Waals surface area (Å²) in [6.45, 7) is 5.84. The third-order valence-electron chi connectivity index (χ3n) is 3.27. The number of anilines is 1. The largest absolute Gasteiger partial charge is 0.598 e. The molecule has 1 unspecified atom stereocenters. The molecule has 0 aromatic heterocycles. The van der Waals surface area contributed by atoms with Crippen LogP contribution in [0.3, 0.4) is 0 Å². The van der Waals surface area contributed by atoms with Gasteiger partial charge in [-0.2, -0.15) is 0 Å². The van der Waals surface area contributed by atoms with Gasteiger partial charge in [0.1, 0.15) is 10.8 Å². The summed E-state index contributed by atoms with van der Waals surface area (Å²) in [6.07, 6.45) is 0. The zero-order chi connectivity index (χ0) is 16.3. The summed E-state index contributed by atoms with van der Waals surface area (Å²) in [5, 5.41) is 0. The summed E-state index contributed by atoms with van der Waals surface area (Å²) in [7, 11) is 0. The molecule has 2 aromatic rings. The minimum Gasteiger partial charge on any atom is -0.598 e. The Balaban J connectivity index is 2.44. The molecule has 3 nitrogen and oxygen atoms in total. The minimum atomic E-state index is -1.20. The molecule has 0 fully saturated rings. The molecule has 2 atom stereocenters. The van der Waals surface area contributed by atoms with Gasteiger partial charge in [0.2, 0.25) is 0 Å². The van der Waals surface area contributed by atoms with Gasteiger partial charge in [-0.3, -0.25) is 0 Å². The normalized spacial score (nSPS) is 14.6. The van der Waals surface area contributed by atoms with Gasteiger partial charge in [0.15, 0.2) is 0 Å². The van der Waals surface area contributed by atoms with Crippen LogP contribution in [-0.2, 0) is 11.4 Å². The summed E-state index contributed by atoms with van der Waals surface area (Å²) in [6, 6.07) is 15.4. The monoisotopic (exact) mass is 380 g/mol. The van der Waals surface area contributed by atoms with Crippen molar-refractivity contribution in [1.82, 2.24) is 4.72 Å². The van der Waals surface area contributed by atoms with Crippen molar-refractivity contribution < 1.29 is 4.55 Å². The van der Waals surface area contributed by atoms with Gasteiger partial charge in [0, 0.05) is 27.1 Å². The Bertz CT molecular complexity index is 628. The van der Waals surface area contributed by atoms with Gasteiger partial charge in [0.25, 0.3) is 0 Å². The van der Waals surface area contributed by atoms with E-state index < -0.39 is 11.4 Å². The average molecular weight is 381 g/mol. The van der Waals surface area contributed by atoms with Crippen molar-refractivity contribution in [2.24, 2.45) is 0 Å². The fraction of sp³-hybridized carbons (Fsp3) is 0.294. The van der Waals surface area contributed by atoms with E-state index in [4.69, 9.17) is 5.73 Å². The number of nitrogens with one attached hydrogen (secondary N) is 1. The molecule has 22 heavy (non-hydrogen) atoms. The van der Waals surface area contributed by atoms with Gasteiger partial charge in [-0.05, 0) is 44.5 Å². The van der Waals surface area contributed by atoms with E-state index in [2.05, 4.69) is 20.7 Å². The first-order valence-electron chi connectivity index (χ1n) is 7.07. The number of nitrogen functional groups attached to an aromatic ring is 1. The average Bonchev–Trinajstić information content (AvgIpc) is 2.47. The molecule has 3 N–H and O–H groups in total. The molecular formula is C17H21BrN2OS. The number of benzene rings is 2. The summed E-state index contributed by atoms with van der Waals surface area (Å²) < 4.78 is 16.4. The van der Waals surface area contributed by atoms with Gasteiger partial charge in [-0.1, -0.05) is 46.3 Å². The predicted octanol–water partition coefficient (Wildman–Crippen LogP) is 4.17. The lowest BCUT2D eigenvalue weighted by Crippen LogP contribution is -2.41. The summed E-state index contributed by atoms with van der Waals surface area (Å²) in [5.41, 5.74) is 8.78. The van der Waals surface area contributed by atoms with Crippen molar-refractivity contribution in [2.75, 3.05) is 5.73 Å². The molecule has 2 rings (SSSR count). The van der Waals surface area contributed by atoms with E-state index in [1.165, 1.54) is 0 Å². The number of rotatable bonds is 4. The Kier molecular flexibility index (Phi) is 5.55. The van der Waals surface area contributed by atoms with Crippen LogP contribution in [0, 0.1) is 0 Å². The lowest BCUT2D eigenvalue weighted by atomic mass is 9.98. The Hall–Kier alpha value is -1.01.